The molecule has 0 saturated carbocycles. The first kappa shape index (κ1) is 18.9. The summed E-state index contributed by atoms with van der Waals surface area (Å²) < 4.78 is 0. The summed E-state index contributed by atoms with van der Waals surface area (Å²) in [5, 5.41) is 2.11. The Labute approximate surface area is 146 Å². The highest BCUT2D eigenvalue weighted by atomic mass is 16.7. The number of primary amides is 1. The molecule has 2 atom stereocenters. The topological polar surface area (TPSA) is 55.6 Å². The van der Waals surface area contributed by atoms with Crippen molar-refractivity contribution in [1.82, 2.24) is 5.06 Å². The third-order valence-electron chi connectivity index (χ3n) is 5.75. The van der Waals surface area contributed by atoms with Crippen LogP contribution in [0, 0.1) is 5.92 Å². The second-order valence-corrected chi connectivity index (χ2v) is 7.57. The predicted octanol–water partition coefficient (Wildman–Crippen LogP) is 4.21. The molecule has 1 saturated heterocycles. The van der Waals surface area contributed by atoms with Crippen molar-refractivity contribution in [3.63, 3.8) is 0 Å². The third kappa shape index (κ3) is 3.35. The standard InChI is InChI=1S/C20H32N2O2/c1-6-20(7-2)17(18(21)23)13-14-19(4,5)22(20)24-15(3)16-11-9-8-10-12-16/h8-12,15,17H,6-7,13-14H2,1-5H3,(H2,21,23). The van der Waals surface area contributed by atoms with E-state index in [4.69, 9.17) is 10.6 Å². The number of hydrogen-bond donors (Lipinski definition) is 1. The number of amides is 1. The fraction of sp³-hybridized carbons (Fsp3) is 0.650. The second kappa shape index (κ2) is 7.24. The van der Waals surface area contributed by atoms with Gasteiger partial charge in [0.2, 0.25) is 5.91 Å². The molecule has 134 valence electrons. The van der Waals surface area contributed by atoms with Gasteiger partial charge in [-0.3, -0.25) is 9.63 Å². The summed E-state index contributed by atoms with van der Waals surface area (Å²) in [7, 11) is 0. The van der Waals surface area contributed by atoms with Crippen LogP contribution in [0.25, 0.3) is 0 Å². The number of nitrogens with zero attached hydrogens (tertiary/aromatic N) is 1. The first-order valence-electron chi connectivity index (χ1n) is 9.10. The van der Waals surface area contributed by atoms with Gasteiger partial charge in [0.25, 0.3) is 0 Å². The van der Waals surface area contributed by atoms with Crippen molar-refractivity contribution in [3.8, 4) is 0 Å². The molecule has 1 amide bonds. The molecule has 1 aliphatic rings. The van der Waals surface area contributed by atoms with Crippen molar-refractivity contribution >= 4 is 5.91 Å². The van der Waals surface area contributed by atoms with Gasteiger partial charge in [0.15, 0.2) is 0 Å². The SMILES string of the molecule is CCC1(CC)C(C(N)=O)CCC(C)(C)N1OC(C)c1ccccc1. The van der Waals surface area contributed by atoms with Gasteiger partial charge in [-0.15, -0.1) is 0 Å². The van der Waals surface area contributed by atoms with Crippen LogP contribution in [0.1, 0.15) is 72.0 Å². The van der Waals surface area contributed by atoms with Crippen LogP contribution in [0.4, 0.5) is 0 Å². The number of benzene rings is 1. The number of hydroxylamine groups is 2. The number of rotatable bonds is 6. The number of nitrogens with two attached hydrogens (primary N) is 1. The smallest absolute Gasteiger partial charge is 0.222 e. The fourth-order valence-electron chi connectivity index (χ4n) is 4.24. The van der Waals surface area contributed by atoms with E-state index in [2.05, 4.69) is 51.8 Å². The zero-order chi connectivity index (χ0) is 18.0. The number of carbonyl (C=O) groups excluding carboxylic acids is 1. The van der Waals surface area contributed by atoms with Crippen molar-refractivity contribution in [3.05, 3.63) is 35.9 Å². The normalized spacial score (nSPS) is 24.5. The molecule has 0 spiro atoms. The highest BCUT2D eigenvalue weighted by Crippen LogP contribution is 2.47. The molecular weight excluding hydrogens is 300 g/mol. The van der Waals surface area contributed by atoms with Crippen LogP contribution in [-0.4, -0.2) is 22.0 Å². The summed E-state index contributed by atoms with van der Waals surface area (Å²) in [5.74, 6) is -0.390. The lowest BCUT2D eigenvalue weighted by Gasteiger charge is -2.57. The molecule has 0 bridgehead atoms. The van der Waals surface area contributed by atoms with E-state index >= 15 is 0 Å². The van der Waals surface area contributed by atoms with Crippen LogP contribution in [-0.2, 0) is 9.63 Å². The molecule has 4 heteroatoms. The van der Waals surface area contributed by atoms with Crippen LogP contribution >= 0.6 is 0 Å². The van der Waals surface area contributed by atoms with Gasteiger partial charge in [0.1, 0.15) is 6.10 Å². The van der Waals surface area contributed by atoms with Crippen molar-refractivity contribution < 1.29 is 9.63 Å². The minimum Gasteiger partial charge on any atom is -0.369 e. The largest absolute Gasteiger partial charge is 0.369 e. The Morgan fingerprint density at radius 3 is 2.38 bits per heavy atom. The van der Waals surface area contributed by atoms with Crippen LogP contribution in [0.2, 0.25) is 0 Å². The number of piperidine rings is 1. The molecule has 24 heavy (non-hydrogen) atoms. The lowest BCUT2D eigenvalue weighted by Crippen LogP contribution is -2.66. The molecule has 1 aromatic rings. The van der Waals surface area contributed by atoms with Crippen molar-refractivity contribution in [2.45, 2.75) is 77.5 Å². The maximum absolute atomic E-state index is 12.1. The molecule has 0 aromatic heterocycles. The summed E-state index contributed by atoms with van der Waals surface area (Å²) in [6, 6.07) is 10.2. The van der Waals surface area contributed by atoms with Gasteiger partial charge in [-0.1, -0.05) is 44.2 Å². The minimum atomic E-state index is -0.351. The summed E-state index contributed by atoms with van der Waals surface area (Å²) in [6.45, 7) is 10.7. The minimum absolute atomic E-state index is 0.0745. The Morgan fingerprint density at radius 2 is 1.88 bits per heavy atom. The van der Waals surface area contributed by atoms with Gasteiger partial charge < -0.3 is 5.73 Å². The maximum atomic E-state index is 12.1. The van der Waals surface area contributed by atoms with Crippen molar-refractivity contribution in [2.75, 3.05) is 0 Å². The van der Waals surface area contributed by atoms with Gasteiger partial charge >= 0.3 is 0 Å². The second-order valence-electron chi connectivity index (χ2n) is 7.57. The highest BCUT2D eigenvalue weighted by molar-refractivity contribution is 5.78. The quantitative estimate of drug-likeness (QED) is 0.849. The maximum Gasteiger partial charge on any atom is 0.222 e. The average molecular weight is 332 g/mol. The van der Waals surface area contributed by atoms with Crippen molar-refractivity contribution in [1.29, 1.82) is 0 Å². The molecule has 4 nitrogen and oxygen atoms in total. The first-order valence-corrected chi connectivity index (χ1v) is 9.10. The molecule has 1 aliphatic heterocycles. The molecule has 1 aromatic carbocycles. The van der Waals surface area contributed by atoms with Gasteiger partial charge in [-0.25, -0.2) is 0 Å². The first-order chi connectivity index (χ1) is 11.3. The van der Waals surface area contributed by atoms with Crippen LogP contribution in [0.15, 0.2) is 30.3 Å². The molecule has 2 N–H and O–H groups in total. The highest BCUT2D eigenvalue weighted by Gasteiger charge is 2.54. The van der Waals surface area contributed by atoms with Gasteiger partial charge in [-0.2, -0.15) is 5.06 Å². The summed E-state index contributed by atoms with van der Waals surface area (Å²) in [5.41, 5.74) is 6.41. The lowest BCUT2D eigenvalue weighted by atomic mass is 9.69. The van der Waals surface area contributed by atoms with E-state index in [0.717, 1.165) is 31.2 Å². The zero-order valence-corrected chi connectivity index (χ0v) is 15.7. The van der Waals surface area contributed by atoms with E-state index in [-0.39, 0.29) is 29.0 Å². The molecule has 1 heterocycles. The Hall–Kier alpha value is -1.39. The predicted molar refractivity (Wildman–Crippen MR) is 97.1 cm³/mol. The van der Waals surface area contributed by atoms with Crippen LogP contribution in [0.5, 0.6) is 0 Å². The van der Waals surface area contributed by atoms with Crippen LogP contribution in [0.3, 0.4) is 0 Å². The number of hydrogen-bond acceptors (Lipinski definition) is 3. The van der Waals surface area contributed by atoms with Gasteiger partial charge in [0.05, 0.1) is 11.5 Å². The molecule has 0 radical (unpaired) electrons. The van der Waals surface area contributed by atoms with Crippen LogP contribution < -0.4 is 5.73 Å². The monoisotopic (exact) mass is 332 g/mol. The summed E-state index contributed by atoms with van der Waals surface area (Å²) in [6.07, 6.45) is 3.31. The Morgan fingerprint density at radius 1 is 1.29 bits per heavy atom. The Kier molecular flexibility index (Phi) is 5.71. The third-order valence-corrected chi connectivity index (χ3v) is 5.75. The fourth-order valence-corrected chi connectivity index (χ4v) is 4.24. The zero-order valence-electron chi connectivity index (χ0n) is 15.7. The molecule has 1 fully saturated rings. The Balaban J connectivity index is 2.38. The van der Waals surface area contributed by atoms with E-state index in [1.807, 2.05) is 18.2 Å². The van der Waals surface area contributed by atoms with E-state index in [1.165, 1.54) is 0 Å². The van der Waals surface area contributed by atoms with E-state index in [1.54, 1.807) is 0 Å². The van der Waals surface area contributed by atoms with Gasteiger partial charge in [-0.05, 0) is 52.0 Å². The summed E-state index contributed by atoms with van der Waals surface area (Å²) in [4.78, 5) is 18.6. The average Bonchev–Trinajstić information content (AvgIpc) is 2.56. The lowest BCUT2D eigenvalue weighted by molar-refractivity contribution is -0.322. The van der Waals surface area contributed by atoms with Crippen molar-refractivity contribution in [2.24, 2.45) is 11.7 Å². The molecule has 2 rings (SSSR count). The summed E-state index contributed by atoms with van der Waals surface area (Å²) >= 11 is 0. The Bertz CT molecular complexity index is 552. The van der Waals surface area contributed by atoms with E-state index < -0.39 is 0 Å². The van der Waals surface area contributed by atoms with E-state index in [9.17, 15) is 4.79 Å². The number of carbonyl (C=O) groups is 1. The van der Waals surface area contributed by atoms with E-state index in [0.29, 0.717) is 0 Å². The molecular formula is C20H32N2O2. The molecule has 0 aliphatic carbocycles. The van der Waals surface area contributed by atoms with Gasteiger partial charge in [0, 0.05) is 5.54 Å². The molecule has 2 unspecified atom stereocenters.